The minimum absolute atomic E-state index is 0.673. The van der Waals surface area contributed by atoms with Crippen molar-refractivity contribution >= 4 is 5.69 Å². The van der Waals surface area contributed by atoms with Crippen LogP contribution < -0.4 is 11.1 Å². The molecule has 18 heavy (non-hydrogen) atoms. The first-order valence-electron chi connectivity index (χ1n) is 5.94. The quantitative estimate of drug-likeness (QED) is 0.806. The Morgan fingerprint density at radius 1 is 1.33 bits per heavy atom. The third kappa shape index (κ3) is 4.78. The topological polar surface area (TPSA) is 41.3 Å². The third-order valence-electron chi connectivity index (χ3n) is 2.36. The largest absolute Gasteiger partial charge is 0.403 e. The Kier molecular flexibility index (Phi) is 5.58. The van der Waals surface area contributed by atoms with Gasteiger partial charge in [-0.3, -0.25) is 0 Å². The van der Waals surface area contributed by atoms with Gasteiger partial charge in [-0.15, -0.1) is 0 Å². The molecule has 1 aromatic rings. The van der Waals surface area contributed by atoms with E-state index in [2.05, 4.69) is 31.0 Å². The maximum absolute atomic E-state index is 5.40. The number of hydrogen-bond donors (Lipinski definition) is 2. The summed E-state index contributed by atoms with van der Waals surface area (Å²) >= 11 is 0. The molecule has 0 aliphatic rings. The second-order valence-electron chi connectivity index (χ2n) is 4.09. The van der Waals surface area contributed by atoms with Gasteiger partial charge < -0.3 is 16.0 Å². The summed E-state index contributed by atoms with van der Waals surface area (Å²) in [7, 11) is 0. The molecule has 0 heterocycles. The molecule has 1 rings (SSSR count). The van der Waals surface area contributed by atoms with Gasteiger partial charge in [0.05, 0.1) is 6.54 Å². The van der Waals surface area contributed by atoms with Crippen molar-refractivity contribution < 1.29 is 0 Å². The Morgan fingerprint density at radius 3 is 2.56 bits per heavy atom. The highest BCUT2D eigenvalue weighted by Gasteiger charge is 1.99. The summed E-state index contributed by atoms with van der Waals surface area (Å²) in [4.78, 5) is 1.96. The summed E-state index contributed by atoms with van der Waals surface area (Å²) in [6, 6.07) is 8.22. The molecule has 0 aliphatic heterocycles. The summed E-state index contributed by atoms with van der Waals surface area (Å²) in [6.07, 6.45) is 7.23. The zero-order valence-electron chi connectivity index (χ0n) is 11.1. The van der Waals surface area contributed by atoms with Crippen LogP contribution in [0.4, 0.5) is 5.69 Å². The molecule has 0 radical (unpaired) electrons. The first kappa shape index (κ1) is 13.9. The van der Waals surface area contributed by atoms with E-state index in [1.54, 1.807) is 0 Å². The molecule has 0 aromatic heterocycles. The second-order valence-corrected chi connectivity index (χ2v) is 4.09. The standard InChI is InChI=1S/C15H21N3/c1-4-10-18(11-9-16)12-14(3)17-15-7-5-13(2)6-8-15/h4-11,17H,3,12,16H2,1-2H3/b10-4-,11-9-. The molecule has 0 aliphatic carbocycles. The van der Waals surface area contributed by atoms with E-state index in [0.717, 1.165) is 11.4 Å². The van der Waals surface area contributed by atoms with Gasteiger partial charge in [0, 0.05) is 23.8 Å². The summed E-state index contributed by atoms with van der Waals surface area (Å²) in [6.45, 7) is 8.72. The van der Waals surface area contributed by atoms with Gasteiger partial charge in [0.15, 0.2) is 0 Å². The average molecular weight is 243 g/mol. The number of nitrogens with one attached hydrogen (secondary N) is 1. The van der Waals surface area contributed by atoms with Crippen LogP contribution in [0.3, 0.4) is 0 Å². The van der Waals surface area contributed by atoms with Gasteiger partial charge in [-0.05, 0) is 32.2 Å². The summed E-state index contributed by atoms with van der Waals surface area (Å²) in [5.41, 5.74) is 8.60. The van der Waals surface area contributed by atoms with Crippen LogP contribution in [-0.4, -0.2) is 11.4 Å². The molecular formula is C15H21N3. The molecule has 0 bridgehead atoms. The van der Waals surface area contributed by atoms with E-state index in [1.165, 1.54) is 11.8 Å². The van der Waals surface area contributed by atoms with E-state index in [1.807, 2.05) is 42.4 Å². The van der Waals surface area contributed by atoms with Gasteiger partial charge >= 0.3 is 0 Å². The first-order chi connectivity index (χ1) is 8.65. The fraction of sp³-hybridized carbons (Fsp3) is 0.200. The highest BCUT2D eigenvalue weighted by molar-refractivity contribution is 5.48. The molecule has 0 fully saturated rings. The number of nitrogens with two attached hydrogens (primary N) is 1. The number of aryl methyl sites for hydroxylation is 1. The van der Waals surface area contributed by atoms with Gasteiger partial charge in [0.25, 0.3) is 0 Å². The maximum Gasteiger partial charge on any atom is 0.0615 e. The molecule has 96 valence electrons. The Hall–Kier alpha value is -2.16. The fourth-order valence-electron chi connectivity index (χ4n) is 1.56. The van der Waals surface area contributed by atoms with Gasteiger partial charge in [-0.1, -0.05) is 30.4 Å². The lowest BCUT2D eigenvalue weighted by molar-refractivity contribution is 0.550. The monoisotopic (exact) mass is 243 g/mol. The van der Waals surface area contributed by atoms with E-state index in [4.69, 9.17) is 5.73 Å². The smallest absolute Gasteiger partial charge is 0.0615 e. The first-order valence-corrected chi connectivity index (χ1v) is 5.94. The lowest BCUT2D eigenvalue weighted by atomic mass is 10.2. The number of rotatable bonds is 6. The Bertz CT molecular complexity index is 418. The van der Waals surface area contributed by atoms with Crippen LogP contribution in [0.1, 0.15) is 12.5 Å². The average Bonchev–Trinajstić information content (AvgIpc) is 2.33. The molecule has 3 heteroatoms. The fourth-order valence-corrected chi connectivity index (χ4v) is 1.56. The van der Waals surface area contributed by atoms with Crippen LogP contribution in [-0.2, 0) is 0 Å². The molecule has 0 spiro atoms. The SMILES string of the molecule is C=C(CN(/C=C\C)/C=C\N)Nc1ccc(C)cc1. The summed E-state index contributed by atoms with van der Waals surface area (Å²) < 4.78 is 0. The third-order valence-corrected chi connectivity index (χ3v) is 2.36. The number of benzene rings is 1. The van der Waals surface area contributed by atoms with Crippen LogP contribution in [0.25, 0.3) is 0 Å². The van der Waals surface area contributed by atoms with Crippen molar-refractivity contribution in [1.82, 2.24) is 4.90 Å². The molecule has 0 saturated heterocycles. The van der Waals surface area contributed by atoms with E-state index in [-0.39, 0.29) is 0 Å². The predicted octanol–water partition coefficient (Wildman–Crippen LogP) is 3.19. The van der Waals surface area contributed by atoms with Crippen molar-refractivity contribution in [2.24, 2.45) is 5.73 Å². The highest BCUT2D eigenvalue weighted by atomic mass is 15.1. The zero-order valence-corrected chi connectivity index (χ0v) is 11.1. The summed E-state index contributed by atoms with van der Waals surface area (Å²) in [5, 5.41) is 3.27. The minimum atomic E-state index is 0.673. The normalized spacial score (nSPS) is 11.0. The number of hydrogen-bond acceptors (Lipinski definition) is 3. The van der Waals surface area contributed by atoms with Gasteiger partial charge in [-0.25, -0.2) is 0 Å². The van der Waals surface area contributed by atoms with E-state index in [9.17, 15) is 0 Å². The highest BCUT2D eigenvalue weighted by Crippen LogP contribution is 2.11. The Morgan fingerprint density at radius 2 is 2.00 bits per heavy atom. The molecule has 0 atom stereocenters. The van der Waals surface area contributed by atoms with E-state index in [0.29, 0.717) is 6.54 Å². The number of allylic oxidation sites excluding steroid dienone is 1. The lowest BCUT2D eigenvalue weighted by Crippen LogP contribution is -2.17. The molecule has 3 N–H and O–H groups in total. The minimum Gasteiger partial charge on any atom is -0.403 e. The van der Waals surface area contributed by atoms with Crippen LogP contribution in [0.2, 0.25) is 0 Å². The van der Waals surface area contributed by atoms with Gasteiger partial charge in [-0.2, -0.15) is 0 Å². The lowest BCUT2D eigenvalue weighted by Gasteiger charge is -2.18. The van der Waals surface area contributed by atoms with Crippen LogP contribution in [0.5, 0.6) is 0 Å². The van der Waals surface area contributed by atoms with Crippen molar-refractivity contribution in [3.63, 3.8) is 0 Å². The number of anilines is 1. The van der Waals surface area contributed by atoms with E-state index < -0.39 is 0 Å². The number of nitrogens with zero attached hydrogens (tertiary/aromatic N) is 1. The molecular weight excluding hydrogens is 222 g/mol. The predicted molar refractivity (Wildman–Crippen MR) is 78.8 cm³/mol. The van der Waals surface area contributed by atoms with Crippen LogP contribution in [0, 0.1) is 6.92 Å². The van der Waals surface area contributed by atoms with Crippen molar-refractivity contribution in [2.75, 3.05) is 11.9 Å². The second kappa shape index (κ2) is 7.22. The molecule has 0 amide bonds. The van der Waals surface area contributed by atoms with Crippen molar-refractivity contribution in [1.29, 1.82) is 0 Å². The van der Waals surface area contributed by atoms with Crippen LogP contribution in [0.15, 0.2) is 61.2 Å². The van der Waals surface area contributed by atoms with Crippen molar-refractivity contribution in [2.45, 2.75) is 13.8 Å². The van der Waals surface area contributed by atoms with E-state index >= 15 is 0 Å². The van der Waals surface area contributed by atoms with Crippen LogP contribution >= 0.6 is 0 Å². The van der Waals surface area contributed by atoms with Gasteiger partial charge in [0.1, 0.15) is 0 Å². The molecule has 0 saturated carbocycles. The zero-order chi connectivity index (χ0) is 13.4. The maximum atomic E-state index is 5.40. The van der Waals surface area contributed by atoms with Crippen molar-refractivity contribution in [3.8, 4) is 0 Å². The Balaban J connectivity index is 2.57. The van der Waals surface area contributed by atoms with Gasteiger partial charge in [0.2, 0.25) is 0 Å². The molecule has 3 nitrogen and oxygen atoms in total. The molecule has 0 unspecified atom stereocenters. The Labute approximate surface area is 109 Å². The molecule has 1 aromatic carbocycles. The summed E-state index contributed by atoms with van der Waals surface area (Å²) in [5.74, 6) is 0. The van der Waals surface area contributed by atoms with Crippen molar-refractivity contribution in [3.05, 3.63) is 66.8 Å².